The van der Waals surface area contributed by atoms with Crippen molar-refractivity contribution in [2.75, 3.05) is 18.4 Å². The lowest BCUT2D eigenvalue weighted by Gasteiger charge is -2.22. The second-order valence-corrected chi connectivity index (χ2v) is 6.23. The van der Waals surface area contributed by atoms with Crippen molar-refractivity contribution >= 4 is 23.2 Å². The van der Waals surface area contributed by atoms with Crippen molar-refractivity contribution in [2.45, 2.75) is 19.4 Å². The molecule has 1 aromatic carbocycles. The quantitative estimate of drug-likeness (QED) is 0.873. The summed E-state index contributed by atoms with van der Waals surface area (Å²) < 4.78 is 5.70. The van der Waals surface area contributed by atoms with E-state index in [1.54, 1.807) is 30.6 Å². The number of aromatic nitrogens is 1. The highest BCUT2D eigenvalue weighted by atomic mass is 35.5. The molecule has 1 aromatic heterocycles. The van der Waals surface area contributed by atoms with Crippen molar-refractivity contribution in [1.82, 2.24) is 10.3 Å². The molecule has 1 unspecified atom stereocenters. The molecule has 1 aliphatic rings. The number of rotatable bonds is 5. The standard InChI is InChI=1S/C18H20ClN3O2/c19-16-9-15(22-18(23)14-4-2-8-21-11-14)5-6-17(16)24-12-13-3-1-7-20-10-13/h1,3,5-7,9-10,14,21H,2,4,8,11-12H2,(H,22,23). The van der Waals surface area contributed by atoms with Gasteiger partial charge in [0.25, 0.3) is 0 Å². The van der Waals surface area contributed by atoms with E-state index in [9.17, 15) is 4.79 Å². The zero-order valence-electron chi connectivity index (χ0n) is 13.3. The molecular formula is C18H20ClN3O2. The highest BCUT2D eigenvalue weighted by Crippen LogP contribution is 2.28. The number of anilines is 1. The van der Waals surface area contributed by atoms with Gasteiger partial charge in [-0.05, 0) is 43.7 Å². The zero-order chi connectivity index (χ0) is 16.8. The van der Waals surface area contributed by atoms with Crippen molar-refractivity contribution < 1.29 is 9.53 Å². The smallest absolute Gasteiger partial charge is 0.228 e. The lowest BCUT2D eigenvalue weighted by Crippen LogP contribution is -2.37. The number of halogens is 1. The first-order chi connectivity index (χ1) is 11.7. The predicted molar refractivity (Wildman–Crippen MR) is 94.2 cm³/mol. The molecule has 126 valence electrons. The largest absolute Gasteiger partial charge is 0.487 e. The molecule has 5 nitrogen and oxygen atoms in total. The minimum Gasteiger partial charge on any atom is -0.487 e. The third-order valence-electron chi connectivity index (χ3n) is 3.98. The number of carbonyl (C=O) groups excluding carboxylic acids is 1. The fraction of sp³-hybridized carbons (Fsp3) is 0.333. The number of pyridine rings is 1. The molecule has 2 N–H and O–H groups in total. The van der Waals surface area contributed by atoms with Crippen molar-refractivity contribution in [3.63, 3.8) is 0 Å². The first kappa shape index (κ1) is 16.7. The second kappa shape index (κ2) is 8.13. The number of ether oxygens (including phenoxy) is 1. The van der Waals surface area contributed by atoms with E-state index in [2.05, 4.69) is 15.6 Å². The summed E-state index contributed by atoms with van der Waals surface area (Å²) in [7, 11) is 0. The number of carbonyl (C=O) groups is 1. The van der Waals surface area contributed by atoms with E-state index < -0.39 is 0 Å². The molecule has 1 fully saturated rings. The van der Waals surface area contributed by atoms with Gasteiger partial charge in [-0.2, -0.15) is 0 Å². The Morgan fingerprint density at radius 2 is 2.33 bits per heavy atom. The molecule has 2 heterocycles. The number of amides is 1. The van der Waals surface area contributed by atoms with Gasteiger partial charge in [-0.15, -0.1) is 0 Å². The Kier molecular flexibility index (Phi) is 5.67. The van der Waals surface area contributed by atoms with Crippen LogP contribution in [0.15, 0.2) is 42.7 Å². The van der Waals surface area contributed by atoms with Gasteiger partial charge >= 0.3 is 0 Å². The fourth-order valence-electron chi connectivity index (χ4n) is 2.66. The van der Waals surface area contributed by atoms with Gasteiger partial charge in [0.1, 0.15) is 12.4 Å². The Bertz CT molecular complexity index is 688. The van der Waals surface area contributed by atoms with Crippen LogP contribution in [0.5, 0.6) is 5.75 Å². The van der Waals surface area contributed by atoms with Crippen LogP contribution in [0.4, 0.5) is 5.69 Å². The van der Waals surface area contributed by atoms with Crippen LogP contribution in [0.25, 0.3) is 0 Å². The lowest BCUT2D eigenvalue weighted by atomic mass is 9.99. The second-order valence-electron chi connectivity index (χ2n) is 5.83. The van der Waals surface area contributed by atoms with Gasteiger partial charge in [0, 0.05) is 30.2 Å². The first-order valence-electron chi connectivity index (χ1n) is 8.05. The van der Waals surface area contributed by atoms with E-state index in [1.807, 2.05) is 12.1 Å². The van der Waals surface area contributed by atoms with Gasteiger partial charge in [-0.1, -0.05) is 17.7 Å². The third kappa shape index (κ3) is 4.46. The topological polar surface area (TPSA) is 63.2 Å². The van der Waals surface area contributed by atoms with Crippen LogP contribution in [0.2, 0.25) is 5.02 Å². The molecule has 0 spiro atoms. The molecule has 24 heavy (non-hydrogen) atoms. The van der Waals surface area contributed by atoms with E-state index in [0.717, 1.165) is 31.5 Å². The van der Waals surface area contributed by atoms with E-state index in [0.29, 0.717) is 23.1 Å². The Balaban J connectivity index is 1.58. The monoisotopic (exact) mass is 345 g/mol. The van der Waals surface area contributed by atoms with Gasteiger partial charge in [-0.3, -0.25) is 9.78 Å². The Hall–Kier alpha value is -2.11. The van der Waals surface area contributed by atoms with E-state index in [-0.39, 0.29) is 11.8 Å². The summed E-state index contributed by atoms with van der Waals surface area (Å²) in [6.07, 6.45) is 5.41. The number of hydrogen-bond acceptors (Lipinski definition) is 4. The fourth-order valence-corrected chi connectivity index (χ4v) is 2.90. The molecule has 3 rings (SSSR count). The molecule has 1 atom stereocenters. The molecule has 0 saturated carbocycles. The number of nitrogens with one attached hydrogen (secondary N) is 2. The van der Waals surface area contributed by atoms with Crippen molar-refractivity contribution in [3.05, 3.63) is 53.3 Å². The molecule has 2 aromatic rings. The molecular weight excluding hydrogens is 326 g/mol. The predicted octanol–water partition coefficient (Wildman–Crippen LogP) is 3.25. The molecule has 0 aliphatic carbocycles. The lowest BCUT2D eigenvalue weighted by molar-refractivity contribution is -0.120. The molecule has 1 saturated heterocycles. The summed E-state index contributed by atoms with van der Waals surface area (Å²) in [5.74, 6) is 0.624. The van der Waals surface area contributed by atoms with Gasteiger partial charge in [0.15, 0.2) is 0 Å². The van der Waals surface area contributed by atoms with Crippen LogP contribution in [0.3, 0.4) is 0 Å². The van der Waals surface area contributed by atoms with E-state index in [1.165, 1.54) is 0 Å². The molecule has 0 radical (unpaired) electrons. The zero-order valence-corrected chi connectivity index (χ0v) is 14.1. The minimum atomic E-state index is 0.0130. The van der Waals surface area contributed by atoms with Crippen LogP contribution >= 0.6 is 11.6 Å². The highest BCUT2D eigenvalue weighted by molar-refractivity contribution is 6.32. The van der Waals surface area contributed by atoms with Crippen molar-refractivity contribution in [3.8, 4) is 5.75 Å². The summed E-state index contributed by atoms with van der Waals surface area (Å²) in [5, 5.41) is 6.64. The molecule has 0 bridgehead atoms. The maximum Gasteiger partial charge on any atom is 0.228 e. The first-order valence-corrected chi connectivity index (χ1v) is 8.43. The van der Waals surface area contributed by atoms with Gasteiger partial charge in [0.2, 0.25) is 5.91 Å². The summed E-state index contributed by atoms with van der Waals surface area (Å²) in [5.41, 5.74) is 1.65. The van der Waals surface area contributed by atoms with Gasteiger partial charge in [0.05, 0.1) is 10.9 Å². The van der Waals surface area contributed by atoms with E-state index in [4.69, 9.17) is 16.3 Å². The Morgan fingerprint density at radius 3 is 3.04 bits per heavy atom. The molecule has 6 heteroatoms. The number of nitrogens with zero attached hydrogens (tertiary/aromatic N) is 1. The number of benzene rings is 1. The number of piperidine rings is 1. The van der Waals surface area contributed by atoms with Crippen LogP contribution in [-0.4, -0.2) is 24.0 Å². The number of hydrogen-bond donors (Lipinski definition) is 2. The van der Waals surface area contributed by atoms with Crippen LogP contribution in [-0.2, 0) is 11.4 Å². The van der Waals surface area contributed by atoms with Crippen molar-refractivity contribution in [2.24, 2.45) is 5.92 Å². The summed E-state index contributed by atoms with van der Waals surface area (Å²) >= 11 is 6.26. The minimum absolute atomic E-state index is 0.0130. The van der Waals surface area contributed by atoms with Gasteiger partial charge < -0.3 is 15.4 Å². The Labute approximate surface area is 146 Å². The average Bonchev–Trinajstić information content (AvgIpc) is 2.62. The molecule has 1 amide bonds. The summed E-state index contributed by atoms with van der Waals surface area (Å²) in [6, 6.07) is 9.09. The third-order valence-corrected chi connectivity index (χ3v) is 4.28. The SMILES string of the molecule is O=C(Nc1ccc(OCc2cccnc2)c(Cl)c1)C1CCCNC1. The normalized spacial score (nSPS) is 17.3. The maximum atomic E-state index is 12.2. The van der Waals surface area contributed by atoms with Crippen LogP contribution in [0.1, 0.15) is 18.4 Å². The highest BCUT2D eigenvalue weighted by Gasteiger charge is 2.21. The van der Waals surface area contributed by atoms with Crippen molar-refractivity contribution in [1.29, 1.82) is 0 Å². The maximum absolute atomic E-state index is 12.2. The van der Waals surface area contributed by atoms with E-state index >= 15 is 0 Å². The van der Waals surface area contributed by atoms with Crippen LogP contribution < -0.4 is 15.4 Å². The molecule has 1 aliphatic heterocycles. The van der Waals surface area contributed by atoms with Gasteiger partial charge in [-0.25, -0.2) is 0 Å². The summed E-state index contributed by atoms with van der Waals surface area (Å²) in [4.78, 5) is 16.3. The summed E-state index contributed by atoms with van der Waals surface area (Å²) in [6.45, 7) is 2.11. The average molecular weight is 346 g/mol. The Morgan fingerprint density at radius 1 is 1.42 bits per heavy atom. The van der Waals surface area contributed by atoms with Crippen LogP contribution in [0, 0.1) is 5.92 Å².